The monoisotopic (exact) mass is 308 g/mol. The summed E-state index contributed by atoms with van der Waals surface area (Å²) >= 11 is 0. The van der Waals surface area contributed by atoms with E-state index in [2.05, 4.69) is 35.3 Å². The zero-order valence-corrected chi connectivity index (χ0v) is 13.9. The molecule has 0 spiro atoms. The first-order chi connectivity index (χ1) is 11.1. The number of hydrogen-bond donors (Lipinski definition) is 0. The van der Waals surface area contributed by atoms with Crippen molar-refractivity contribution in [1.82, 2.24) is 9.88 Å². The van der Waals surface area contributed by atoms with Crippen molar-refractivity contribution in [1.29, 1.82) is 0 Å². The number of pyridine rings is 1. The molecule has 3 heteroatoms. The molecule has 1 aromatic carbocycles. The SMILES string of the molecule is Cc1cccc(C(=O)N(C)C2CCC(c3ccccc3)CC2)n1. The molecule has 0 aliphatic heterocycles. The van der Waals surface area contributed by atoms with Crippen molar-refractivity contribution in [2.24, 2.45) is 0 Å². The number of amides is 1. The fourth-order valence-electron chi connectivity index (χ4n) is 3.53. The summed E-state index contributed by atoms with van der Waals surface area (Å²) in [7, 11) is 1.92. The first-order valence-corrected chi connectivity index (χ1v) is 8.41. The van der Waals surface area contributed by atoms with Crippen molar-refractivity contribution in [2.75, 3.05) is 7.05 Å². The minimum atomic E-state index is 0.0388. The fraction of sp³-hybridized carbons (Fsp3) is 0.400. The lowest BCUT2D eigenvalue weighted by molar-refractivity contribution is 0.0683. The number of nitrogens with zero attached hydrogens (tertiary/aromatic N) is 2. The highest BCUT2D eigenvalue weighted by Gasteiger charge is 2.28. The number of hydrogen-bond acceptors (Lipinski definition) is 2. The van der Waals surface area contributed by atoms with Crippen LogP contribution in [-0.2, 0) is 0 Å². The molecule has 0 unspecified atom stereocenters. The quantitative estimate of drug-likeness (QED) is 0.852. The van der Waals surface area contributed by atoms with Crippen molar-refractivity contribution < 1.29 is 4.79 Å². The summed E-state index contributed by atoms with van der Waals surface area (Å²) in [6.45, 7) is 1.92. The number of aromatic nitrogens is 1. The number of carbonyl (C=O) groups excluding carboxylic acids is 1. The van der Waals surface area contributed by atoms with Gasteiger partial charge >= 0.3 is 0 Å². The van der Waals surface area contributed by atoms with Crippen molar-refractivity contribution in [3.63, 3.8) is 0 Å². The third kappa shape index (κ3) is 3.61. The topological polar surface area (TPSA) is 33.2 Å². The molecule has 1 aliphatic rings. The maximum absolute atomic E-state index is 12.6. The van der Waals surface area contributed by atoms with Crippen LogP contribution in [0.4, 0.5) is 0 Å². The van der Waals surface area contributed by atoms with E-state index in [1.54, 1.807) is 6.07 Å². The molecular weight excluding hydrogens is 284 g/mol. The van der Waals surface area contributed by atoms with Crippen LogP contribution in [0.5, 0.6) is 0 Å². The molecule has 1 saturated carbocycles. The number of aryl methyl sites for hydroxylation is 1. The van der Waals surface area contributed by atoms with Gasteiger partial charge in [-0.3, -0.25) is 4.79 Å². The van der Waals surface area contributed by atoms with E-state index in [4.69, 9.17) is 0 Å². The maximum Gasteiger partial charge on any atom is 0.272 e. The molecule has 1 amide bonds. The van der Waals surface area contributed by atoms with Gasteiger partial charge in [-0.15, -0.1) is 0 Å². The Morgan fingerprint density at radius 2 is 1.70 bits per heavy atom. The van der Waals surface area contributed by atoms with Crippen LogP contribution in [0.1, 0.15) is 53.3 Å². The zero-order valence-electron chi connectivity index (χ0n) is 13.9. The lowest BCUT2D eigenvalue weighted by atomic mass is 9.81. The Bertz CT molecular complexity index is 660. The normalized spacial score (nSPS) is 21.0. The number of carbonyl (C=O) groups is 1. The molecule has 0 bridgehead atoms. The summed E-state index contributed by atoms with van der Waals surface area (Å²) in [4.78, 5) is 18.9. The summed E-state index contributed by atoms with van der Waals surface area (Å²) in [6, 6.07) is 16.7. The van der Waals surface area contributed by atoms with Crippen molar-refractivity contribution in [2.45, 2.75) is 44.6 Å². The molecule has 1 aliphatic carbocycles. The van der Waals surface area contributed by atoms with E-state index in [-0.39, 0.29) is 5.91 Å². The van der Waals surface area contributed by atoms with Crippen LogP contribution < -0.4 is 0 Å². The predicted octanol–water partition coefficient (Wildman–Crippen LogP) is 4.19. The van der Waals surface area contributed by atoms with Gasteiger partial charge in [0.25, 0.3) is 5.91 Å². The summed E-state index contributed by atoms with van der Waals surface area (Å²) in [6.07, 6.45) is 4.42. The molecule has 1 fully saturated rings. The molecule has 2 aromatic rings. The van der Waals surface area contributed by atoms with Gasteiger partial charge in [0.2, 0.25) is 0 Å². The summed E-state index contributed by atoms with van der Waals surface area (Å²) in [5.74, 6) is 0.671. The van der Waals surface area contributed by atoms with Gasteiger partial charge in [-0.25, -0.2) is 4.98 Å². The molecule has 0 radical (unpaired) electrons. The molecule has 0 saturated heterocycles. The van der Waals surface area contributed by atoms with Gasteiger partial charge in [0, 0.05) is 18.8 Å². The Morgan fingerprint density at radius 3 is 2.35 bits per heavy atom. The van der Waals surface area contributed by atoms with Crippen LogP contribution in [0.2, 0.25) is 0 Å². The molecule has 120 valence electrons. The van der Waals surface area contributed by atoms with Gasteiger partial charge in [-0.2, -0.15) is 0 Å². The molecule has 3 rings (SSSR count). The third-order valence-electron chi connectivity index (χ3n) is 4.94. The average molecular weight is 308 g/mol. The average Bonchev–Trinajstić information content (AvgIpc) is 2.61. The molecule has 1 heterocycles. The van der Waals surface area contributed by atoms with Crippen LogP contribution in [0, 0.1) is 6.92 Å². The van der Waals surface area contributed by atoms with Crippen LogP contribution in [-0.4, -0.2) is 28.9 Å². The first kappa shape index (κ1) is 15.7. The molecule has 0 atom stereocenters. The van der Waals surface area contributed by atoms with E-state index in [0.717, 1.165) is 31.4 Å². The highest BCUT2D eigenvalue weighted by molar-refractivity contribution is 5.92. The van der Waals surface area contributed by atoms with Crippen molar-refractivity contribution in [3.8, 4) is 0 Å². The zero-order chi connectivity index (χ0) is 16.2. The maximum atomic E-state index is 12.6. The Morgan fingerprint density at radius 1 is 1.00 bits per heavy atom. The predicted molar refractivity (Wildman–Crippen MR) is 92.5 cm³/mol. The van der Waals surface area contributed by atoms with E-state index in [0.29, 0.717) is 17.7 Å². The van der Waals surface area contributed by atoms with E-state index >= 15 is 0 Å². The van der Waals surface area contributed by atoms with Gasteiger partial charge in [-0.05, 0) is 56.2 Å². The van der Waals surface area contributed by atoms with Gasteiger partial charge in [0.1, 0.15) is 5.69 Å². The Kier molecular flexibility index (Phi) is 4.75. The van der Waals surface area contributed by atoms with Crippen molar-refractivity contribution in [3.05, 3.63) is 65.5 Å². The molecule has 0 N–H and O–H groups in total. The second-order valence-corrected chi connectivity index (χ2v) is 6.50. The largest absolute Gasteiger partial charge is 0.337 e. The Balaban J connectivity index is 1.62. The van der Waals surface area contributed by atoms with Gasteiger partial charge in [0.05, 0.1) is 0 Å². The Hall–Kier alpha value is -2.16. The van der Waals surface area contributed by atoms with Crippen LogP contribution in [0.25, 0.3) is 0 Å². The van der Waals surface area contributed by atoms with Crippen LogP contribution in [0.15, 0.2) is 48.5 Å². The van der Waals surface area contributed by atoms with Gasteiger partial charge < -0.3 is 4.90 Å². The summed E-state index contributed by atoms with van der Waals surface area (Å²) in [5, 5.41) is 0. The van der Waals surface area contributed by atoms with Crippen LogP contribution in [0.3, 0.4) is 0 Å². The van der Waals surface area contributed by atoms with Gasteiger partial charge in [-0.1, -0.05) is 36.4 Å². The standard InChI is InChI=1S/C20H24N2O/c1-15-7-6-10-19(21-15)20(23)22(2)18-13-11-17(12-14-18)16-8-4-3-5-9-16/h3-10,17-18H,11-14H2,1-2H3. The molecule has 1 aromatic heterocycles. The second-order valence-electron chi connectivity index (χ2n) is 6.50. The van der Waals surface area contributed by atoms with Crippen molar-refractivity contribution >= 4 is 5.91 Å². The van der Waals surface area contributed by atoms with E-state index in [9.17, 15) is 4.79 Å². The van der Waals surface area contributed by atoms with Crippen LogP contribution >= 0.6 is 0 Å². The molecule has 23 heavy (non-hydrogen) atoms. The minimum absolute atomic E-state index is 0.0388. The lowest BCUT2D eigenvalue weighted by Gasteiger charge is -2.34. The molecule has 3 nitrogen and oxygen atoms in total. The highest BCUT2D eigenvalue weighted by Crippen LogP contribution is 2.34. The smallest absolute Gasteiger partial charge is 0.272 e. The van der Waals surface area contributed by atoms with E-state index in [1.807, 2.05) is 31.0 Å². The summed E-state index contributed by atoms with van der Waals surface area (Å²) < 4.78 is 0. The minimum Gasteiger partial charge on any atom is -0.337 e. The van der Waals surface area contributed by atoms with E-state index < -0.39 is 0 Å². The lowest BCUT2D eigenvalue weighted by Crippen LogP contribution is -2.39. The fourth-order valence-corrected chi connectivity index (χ4v) is 3.53. The molecular formula is C20H24N2O. The number of rotatable bonds is 3. The Labute approximate surface area is 138 Å². The van der Waals surface area contributed by atoms with Gasteiger partial charge in [0.15, 0.2) is 0 Å². The highest BCUT2D eigenvalue weighted by atomic mass is 16.2. The third-order valence-corrected chi connectivity index (χ3v) is 4.94. The first-order valence-electron chi connectivity index (χ1n) is 8.41. The number of benzene rings is 1. The summed E-state index contributed by atoms with van der Waals surface area (Å²) in [5.41, 5.74) is 2.87. The van der Waals surface area contributed by atoms with E-state index in [1.165, 1.54) is 5.56 Å². The second kappa shape index (κ2) is 6.95.